The Morgan fingerprint density at radius 2 is 2.20 bits per heavy atom. The summed E-state index contributed by atoms with van der Waals surface area (Å²) in [5.74, 6) is 0.855. The van der Waals surface area contributed by atoms with E-state index in [9.17, 15) is 9.18 Å². The zero-order valence-electron chi connectivity index (χ0n) is 12.4. The number of hydrogen-bond donors (Lipinski definition) is 0. The van der Waals surface area contributed by atoms with Crippen LogP contribution in [0.3, 0.4) is 0 Å². The summed E-state index contributed by atoms with van der Waals surface area (Å²) >= 11 is 1.99. The van der Waals surface area contributed by atoms with Gasteiger partial charge in [-0.2, -0.15) is 11.8 Å². The molecule has 110 valence electrons. The molecule has 2 unspecified atom stereocenters. The number of Topliss-reactive ketones (excluding diaryl/α,β-unsaturated/α-hetero) is 1. The summed E-state index contributed by atoms with van der Waals surface area (Å²) in [7, 11) is 0. The summed E-state index contributed by atoms with van der Waals surface area (Å²) < 4.78 is 13.5. The summed E-state index contributed by atoms with van der Waals surface area (Å²) in [5.41, 5.74) is 1.07. The number of benzene rings is 1. The SMILES string of the molecule is Cc1ccc(C(=O)CCN2CCSC(C)C2C)cc1F. The molecule has 0 N–H and O–H groups in total. The topological polar surface area (TPSA) is 20.3 Å². The Morgan fingerprint density at radius 3 is 2.90 bits per heavy atom. The van der Waals surface area contributed by atoms with Gasteiger partial charge >= 0.3 is 0 Å². The third-order valence-corrected chi connectivity index (χ3v) is 5.47. The van der Waals surface area contributed by atoms with Gasteiger partial charge in [0.15, 0.2) is 5.78 Å². The number of thioether (sulfide) groups is 1. The molecule has 1 aromatic carbocycles. The first kappa shape index (κ1) is 15.5. The molecule has 0 spiro atoms. The Balaban J connectivity index is 1.93. The molecule has 1 aromatic rings. The number of carbonyl (C=O) groups excluding carboxylic acids is 1. The van der Waals surface area contributed by atoms with Crippen molar-refractivity contribution in [1.29, 1.82) is 0 Å². The largest absolute Gasteiger partial charge is 0.298 e. The minimum atomic E-state index is -0.299. The molecule has 2 rings (SSSR count). The van der Waals surface area contributed by atoms with Crippen LogP contribution < -0.4 is 0 Å². The summed E-state index contributed by atoms with van der Waals surface area (Å²) in [5, 5.41) is 0.607. The third-order valence-electron chi connectivity index (χ3n) is 4.13. The second-order valence-corrected chi connectivity index (χ2v) is 6.97. The van der Waals surface area contributed by atoms with Crippen molar-refractivity contribution in [3.63, 3.8) is 0 Å². The fourth-order valence-electron chi connectivity index (χ4n) is 2.47. The van der Waals surface area contributed by atoms with E-state index in [0.29, 0.717) is 28.8 Å². The Bertz CT molecular complexity index is 491. The van der Waals surface area contributed by atoms with Crippen molar-refractivity contribution in [3.05, 3.63) is 35.1 Å². The lowest BCUT2D eigenvalue weighted by molar-refractivity contribution is 0.0953. The van der Waals surface area contributed by atoms with E-state index < -0.39 is 0 Å². The minimum absolute atomic E-state index is 0.0296. The highest BCUT2D eigenvalue weighted by atomic mass is 32.2. The van der Waals surface area contributed by atoms with E-state index in [-0.39, 0.29) is 11.6 Å². The molecule has 1 saturated heterocycles. The number of halogens is 1. The lowest BCUT2D eigenvalue weighted by atomic mass is 10.1. The first-order chi connectivity index (χ1) is 9.49. The highest BCUT2D eigenvalue weighted by molar-refractivity contribution is 8.00. The number of hydrogen-bond acceptors (Lipinski definition) is 3. The normalized spacial score (nSPS) is 23.8. The van der Waals surface area contributed by atoms with Gasteiger partial charge in [-0.1, -0.05) is 19.1 Å². The smallest absolute Gasteiger partial charge is 0.164 e. The standard InChI is InChI=1S/C16H22FNOS/c1-11-4-5-14(10-15(11)17)16(19)6-7-18-8-9-20-13(3)12(18)2/h4-5,10,12-13H,6-9H2,1-3H3. The maximum atomic E-state index is 13.5. The number of ketones is 1. The van der Waals surface area contributed by atoms with Crippen molar-refractivity contribution in [2.24, 2.45) is 0 Å². The van der Waals surface area contributed by atoms with Crippen LogP contribution >= 0.6 is 11.8 Å². The van der Waals surface area contributed by atoms with E-state index >= 15 is 0 Å². The van der Waals surface area contributed by atoms with Crippen molar-refractivity contribution < 1.29 is 9.18 Å². The quantitative estimate of drug-likeness (QED) is 0.793. The molecule has 1 aliphatic heterocycles. The van der Waals surface area contributed by atoms with Crippen molar-refractivity contribution >= 4 is 17.5 Å². The van der Waals surface area contributed by atoms with Gasteiger partial charge in [0.1, 0.15) is 5.82 Å². The molecular weight excluding hydrogens is 273 g/mol. The van der Waals surface area contributed by atoms with Crippen molar-refractivity contribution in [1.82, 2.24) is 4.90 Å². The van der Waals surface area contributed by atoms with E-state index in [1.54, 1.807) is 19.1 Å². The maximum Gasteiger partial charge on any atom is 0.164 e. The van der Waals surface area contributed by atoms with Crippen LogP contribution in [0.15, 0.2) is 18.2 Å². The number of aryl methyl sites for hydroxylation is 1. The van der Waals surface area contributed by atoms with Crippen LogP contribution in [-0.4, -0.2) is 40.8 Å². The predicted octanol–water partition coefficient (Wildman–Crippen LogP) is 3.53. The Morgan fingerprint density at radius 1 is 1.45 bits per heavy atom. The Labute approximate surface area is 124 Å². The van der Waals surface area contributed by atoms with Gasteiger partial charge < -0.3 is 0 Å². The van der Waals surface area contributed by atoms with Gasteiger partial charge in [0, 0.05) is 42.1 Å². The molecule has 0 aromatic heterocycles. The molecule has 1 heterocycles. The van der Waals surface area contributed by atoms with E-state index in [2.05, 4.69) is 18.7 Å². The number of nitrogens with zero attached hydrogens (tertiary/aromatic N) is 1. The van der Waals surface area contributed by atoms with Gasteiger partial charge in [-0.05, 0) is 25.5 Å². The summed E-state index contributed by atoms with van der Waals surface area (Å²) in [6, 6.07) is 5.25. The summed E-state index contributed by atoms with van der Waals surface area (Å²) in [4.78, 5) is 14.5. The Hall–Kier alpha value is -0.870. The maximum absolute atomic E-state index is 13.5. The monoisotopic (exact) mass is 295 g/mol. The van der Waals surface area contributed by atoms with Crippen LogP contribution in [0.25, 0.3) is 0 Å². The van der Waals surface area contributed by atoms with E-state index in [1.165, 1.54) is 6.07 Å². The number of carbonyl (C=O) groups is 1. The molecule has 2 atom stereocenters. The molecule has 20 heavy (non-hydrogen) atoms. The van der Waals surface area contributed by atoms with E-state index in [0.717, 1.165) is 18.8 Å². The molecule has 0 bridgehead atoms. The van der Waals surface area contributed by atoms with Gasteiger partial charge in [-0.3, -0.25) is 9.69 Å². The van der Waals surface area contributed by atoms with Crippen molar-refractivity contribution in [2.45, 2.75) is 38.5 Å². The van der Waals surface area contributed by atoms with Crippen LogP contribution in [0.5, 0.6) is 0 Å². The molecule has 1 aliphatic rings. The summed E-state index contributed by atoms with van der Waals surface area (Å²) in [6.07, 6.45) is 0.463. The molecule has 0 radical (unpaired) electrons. The van der Waals surface area contributed by atoms with Gasteiger partial charge in [0.2, 0.25) is 0 Å². The first-order valence-electron chi connectivity index (χ1n) is 7.14. The molecule has 0 saturated carbocycles. The molecule has 1 fully saturated rings. The zero-order chi connectivity index (χ0) is 14.7. The summed E-state index contributed by atoms with van der Waals surface area (Å²) in [6.45, 7) is 7.95. The zero-order valence-corrected chi connectivity index (χ0v) is 13.2. The van der Waals surface area contributed by atoms with Crippen molar-refractivity contribution in [3.8, 4) is 0 Å². The van der Waals surface area contributed by atoms with Crippen LogP contribution in [0.1, 0.15) is 36.2 Å². The molecule has 0 amide bonds. The van der Waals surface area contributed by atoms with Crippen LogP contribution in [0, 0.1) is 12.7 Å². The van der Waals surface area contributed by atoms with Crippen LogP contribution in [0.4, 0.5) is 4.39 Å². The number of rotatable bonds is 4. The lowest BCUT2D eigenvalue weighted by Crippen LogP contribution is -2.45. The van der Waals surface area contributed by atoms with Gasteiger partial charge in [0.25, 0.3) is 0 Å². The second kappa shape index (κ2) is 6.72. The molecule has 2 nitrogen and oxygen atoms in total. The molecule has 4 heteroatoms. The fraction of sp³-hybridized carbons (Fsp3) is 0.562. The molecule has 0 aliphatic carbocycles. The van der Waals surface area contributed by atoms with Gasteiger partial charge in [-0.15, -0.1) is 0 Å². The average molecular weight is 295 g/mol. The lowest BCUT2D eigenvalue weighted by Gasteiger charge is -2.37. The average Bonchev–Trinajstić information content (AvgIpc) is 2.43. The van der Waals surface area contributed by atoms with Gasteiger partial charge in [0.05, 0.1) is 0 Å². The van der Waals surface area contributed by atoms with E-state index in [4.69, 9.17) is 0 Å². The van der Waals surface area contributed by atoms with Gasteiger partial charge in [-0.25, -0.2) is 4.39 Å². The minimum Gasteiger partial charge on any atom is -0.298 e. The van der Waals surface area contributed by atoms with Crippen molar-refractivity contribution in [2.75, 3.05) is 18.8 Å². The third kappa shape index (κ3) is 3.61. The van der Waals surface area contributed by atoms with Crippen LogP contribution in [-0.2, 0) is 0 Å². The van der Waals surface area contributed by atoms with Crippen LogP contribution in [0.2, 0.25) is 0 Å². The predicted molar refractivity (Wildman–Crippen MR) is 83.0 cm³/mol. The highest BCUT2D eigenvalue weighted by Crippen LogP contribution is 2.24. The first-order valence-corrected chi connectivity index (χ1v) is 8.19. The second-order valence-electron chi connectivity index (χ2n) is 5.49. The van der Waals surface area contributed by atoms with E-state index in [1.807, 2.05) is 11.8 Å². The highest BCUT2D eigenvalue weighted by Gasteiger charge is 2.25. The molecular formula is C16H22FNOS. The Kier molecular flexibility index (Phi) is 5.22. The fourth-order valence-corrected chi connectivity index (χ4v) is 3.63.